The summed E-state index contributed by atoms with van der Waals surface area (Å²) in [6.07, 6.45) is 0. The van der Waals surface area contributed by atoms with Gasteiger partial charge in [-0.3, -0.25) is 0 Å². The van der Waals surface area contributed by atoms with E-state index in [1.165, 1.54) is 5.56 Å². The molecule has 19 heavy (non-hydrogen) atoms. The van der Waals surface area contributed by atoms with Crippen LogP contribution in [0.3, 0.4) is 0 Å². The maximum atomic E-state index is 6.34. The molecular formula is C16H17Cl2N. The molecule has 0 N–H and O–H groups in total. The van der Waals surface area contributed by atoms with Crippen molar-refractivity contribution in [3.05, 3.63) is 64.7 Å². The van der Waals surface area contributed by atoms with Gasteiger partial charge in [0.25, 0.3) is 0 Å². The van der Waals surface area contributed by atoms with Crippen LogP contribution < -0.4 is 4.90 Å². The lowest BCUT2D eigenvalue weighted by Gasteiger charge is -2.29. The minimum absolute atomic E-state index is 0.0997. The molecule has 0 aromatic heterocycles. The van der Waals surface area contributed by atoms with Gasteiger partial charge in [0, 0.05) is 17.3 Å². The standard InChI is InChI=1S/C16H17Cl2N/c1-12-15(18)9-6-10-16(12)19(13(2)17)11-14-7-4-3-5-8-14/h3-10,13H,11H2,1-2H3. The third-order valence-electron chi connectivity index (χ3n) is 3.17. The van der Waals surface area contributed by atoms with E-state index in [1.54, 1.807) is 0 Å². The number of rotatable bonds is 4. The normalized spacial score (nSPS) is 12.2. The lowest BCUT2D eigenvalue weighted by atomic mass is 10.1. The van der Waals surface area contributed by atoms with Crippen molar-refractivity contribution < 1.29 is 0 Å². The fourth-order valence-corrected chi connectivity index (χ4v) is 2.43. The molecule has 0 spiro atoms. The third-order valence-corrected chi connectivity index (χ3v) is 3.82. The highest BCUT2D eigenvalue weighted by Crippen LogP contribution is 2.29. The minimum atomic E-state index is -0.0997. The number of nitrogens with zero attached hydrogens (tertiary/aromatic N) is 1. The summed E-state index contributed by atoms with van der Waals surface area (Å²) >= 11 is 12.5. The summed E-state index contributed by atoms with van der Waals surface area (Å²) in [5, 5.41) is 0.771. The Hall–Kier alpha value is -1.18. The van der Waals surface area contributed by atoms with Crippen LogP contribution in [0.1, 0.15) is 18.1 Å². The largest absolute Gasteiger partial charge is 0.351 e. The van der Waals surface area contributed by atoms with Gasteiger partial charge in [0.2, 0.25) is 0 Å². The molecule has 0 aliphatic heterocycles. The number of anilines is 1. The second-order valence-corrected chi connectivity index (χ2v) is 5.61. The Morgan fingerprint density at radius 1 is 1.05 bits per heavy atom. The molecule has 0 radical (unpaired) electrons. The second-order valence-electron chi connectivity index (χ2n) is 4.57. The monoisotopic (exact) mass is 293 g/mol. The predicted octanol–water partition coefficient (Wildman–Crippen LogP) is 5.24. The second kappa shape index (κ2) is 6.31. The highest BCUT2D eigenvalue weighted by molar-refractivity contribution is 6.31. The van der Waals surface area contributed by atoms with Gasteiger partial charge >= 0.3 is 0 Å². The smallest absolute Gasteiger partial charge is 0.101 e. The highest BCUT2D eigenvalue weighted by Gasteiger charge is 2.15. The molecule has 3 heteroatoms. The Bertz CT molecular complexity index is 538. The van der Waals surface area contributed by atoms with Crippen molar-refractivity contribution >= 4 is 28.9 Å². The van der Waals surface area contributed by atoms with Crippen molar-refractivity contribution in [2.45, 2.75) is 25.9 Å². The third kappa shape index (κ3) is 3.43. The molecule has 1 unspecified atom stereocenters. The van der Waals surface area contributed by atoms with Crippen LogP contribution in [0.4, 0.5) is 5.69 Å². The number of hydrogen-bond donors (Lipinski definition) is 0. The van der Waals surface area contributed by atoms with Crippen LogP contribution in [0.5, 0.6) is 0 Å². The maximum Gasteiger partial charge on any atom is 0.101 e. The molecule has 100 valence electrons. The Kier molecular flexibility index (Phi) is 4.73. The minimum Gasteiger partial charge on any atom is -0.351 e. The summed E-state index contributed by atoms with van der Waals surface area (Å²) in [6.45, 7) is 4.77. The average molecular weight is 294 g/mol. The van der Waals surface area contributed by atoms with Crippen LogP contribution in [0.25, 0.3) is 0 Å². The fourth-order valence-electron chi connectivity index (χ4n) is 2.09. The van der Waals surface area contributed by atoms with Crippen LogP contribution in [0, 0.1) is 6.92 Å². The molecule has 0 saturated carbocycles. The number of alkyl halides is 1. The first-order valence-electron chi connectivity index (χ1n) is 6.29. The van der Waals surface area contributed by atoms with Crippen LogP contribution in [0.15, 0.2) is 48.5 Å². The Labute approximate surface area is 124 Å². The van der Waals surface area contributed by atoms with E-state index in [0.29, 0.717) is 0 Å². The first kappa shape index (κ1) is 14.2. The Balaban J connectivity index is 2.33. The number of benzene rings is 2. The molecule has 0 aliphatic carbocycles. The average Bonchev–Trinajstić information content (AvgIpc) is 2.40. The molecule has 0 amide bonds. The van der Waals surface area contributed by atoms with Crippen molar-refractivity contribution in [1.82, 2.24) is 0 Å². The number of halogens is 2. The van der Waals surface area contributed by atoms with Gasteiger partial charge in [0.15, 0.2) is 0 Å². The Morgan fingerprint density at radius 2 is 1.74 bits per heavy atom. The zero-order chi connectivity index (χ0) is 13.8. The van der Waals surface area contributed by atoms with Crippen molar-refractivity contribution in [1.29, 1.82) is 0 Å². The van der Waals surface area contributed by atoms with Crippen molar-refractivity contribution in [2.75, 3.05) is 4.90 Å². The van der Waals surface area contributed by atoms with Crippen molar-refractivity contribution in [3.8, 4) is 0 Å². The molecule has 2 aromatic rings. The number of hydrogen-bond acceptors (Lipinski definition) is 1. The van der Waals surface area contributed by atoms with Crippen molar-refractivity contribution in [2.24, 2.45) is 0 Å². The Morgan fingerprint density at radius 3 is 2.37 bits per heavy atom. The summed E-state index contributed by atoms with van der Waals surface area (Å²) in [6, 6.07) is 16.2. The lowest BCUT2D eigenvalue weighted by molar-refractivity contribution is 0.781. The lowest BCUT2D eigenvalue weighted by Crippen LogP contribution is -2.29. The molecule has 0 fully saturated rings. The van der Waals surface area contributed by atoms with Crippen LogP contribution in [-0.4, -0.2) is 5.50 Å². The zero-order valence-corrected chi connectivity index (χ0v) is 12.6. The van der Waals surface area contributed by atoms with Gasteiger partial charge in [-0.05, 0) is 37.1 Å². The van der Waals surface area contributed by atoms with E-state index < -0.39 is 0 Å². The van der Waals surface area contributed by atoms with Crippen LogP contribution >= 0.6 is 23.2 Å². The van der Waals surface area contributed by atoms with Gasteiger partial charge in [-0.2, -0.15) is 0 Å². The quantitative estimate of drug-likeness (QED) is 0.550. The van der Waals surface area contributed by atoms with Gasteiger partial charge in [0.05, 0.1) is 0 Å². The highest BCUT2D eigenvalue weighted by atomic mass is 35.5. The molecule has 2 rings (SSSR count). The van der Waals surface area contributed by atoms with Crippen LogP contribution in [-0.2, 0) is 6.54 Å². The van der Waals surface area contributed by atoms with Crippen LogP contribution in [0.2, 0.25) is 5.02 Å². The van der Waals surface area contributed by atoms with E-state index in [9.17, 15) is 0 Å². The molecule has 1 nitrogen and oxygen atoms in total. The molecular weight excluding hydrogens is 277 g/mol. The van der Waals surface area contributed by atoms with E-state index in [-0.39, 0.29) is 5.50 Å². The SMILES string of the molecule is Cc1c(Cl)cccc1N(Cc1ccccc1)C(C)Cl. The summed E-state index contributed by atoms with van der Waals surface area (Å²) in [4.78, 5) is 2.15. The molecule has 0 bridgehead atoms. The molecule has 2 aromatic carbocycles. The topological polar surface area (TPSA) is 3.24 Å². The van der Waals surface area contributed by atoms with E-state index >= 15 is 0 Å². The molecule has 0 aliphatic rings. The molecule has 1 atom stereocenters. The zero-order valence-electron chi connectivity index (χ0n) is 11.1. The van der Waals surface area contributed by atoms with E-state index in [4.69, 9.17) is 23.2 Å². The molecule has 0 saturated heterocycles. The summed E-state index contributed by atoms with van der Waals surface area (Å²) in [5.41, 5.74) is 3.28. The van der Waals surface area contributed by atoms with E-state index in [1.807, 2.05) is 44.2 Å². The summed E-state index contributed by atoms with van der Waals surface area (Å²) in [5.74, 6) is 0. The van der Waals surface area contributed by atoms with Crippen molar-refractivity contribution in [3.63, 3.8) is 0 Å². The first-order chi connectivity index (χ1) is 9.09. The maximum absolute atomic E-state index is 6.34. The van der Waals surface area contributed by atoms with E-state index in [0.717, 1.165) is 22.8 Å². The molecule has 0 heterocycles. The first-order valence-corrected chi connectivity index (χ1v) is 7.11. The summed E-state index contributed by atoms with van der Waals surface area (Å²) in [7, 11) is 0. The van der Waals surface area contributed by atoms with Gasteiger partial charge in [-0.15, -0.1) is 0 Å². The van der Waals surface area contributed by atoms with Gasteiger partial charge in [0.1, 0.15) is 5.50 Å². The predicted molar refractivity (Wildman–Crippen MR) is 84.1 cm³/mol. The van der Waals surface area contributed by atoms with Gasteiger partial charge in [-0.1, -0.05) is 59.6 Å². The summed E-state index contributed by atoms with van der Waals surface area (Å²) < 4.78 is 0. The van der Waals surface area contributed by atoms with Gasteiger partial charge < -0.3 is 4.90 Å². The van der Waals surface area contributed by atoms with E-state index in [2.05, 4.69) is 23.1 Å². The fraction of sp³-hybridized carbons (Fsp3) is 0.250. The van der Waals surface area contributed by atoms with Gasteiger partial charge in [-0.25, -0.2) is 0 Å².